The Balaban J connectivity index is 1.76. The van der Waals surface area contributed by atoms with Crippen LogP contribution in [0.2, 0.25) is 0 Å². The number of carbonyl (C=O) groups excluding carboxylic acids is 1. The quantitative estimate of drug-likeness (QED) is 0.855. The first kappa shape index (κ1) is 16.8. The van der Waals surface area contributed by atoms with Crippen molar-refractivity contribution in [2.45, 2.75) is 20.3 Å². The van der Waals surface area contributed by atoms with Gasteiger partial charge in [-0.25, -0.2) is 8.42 Å². The SMILES string of the molecule is CC1(C)[C@H](C(=O)Nc2cccc(N3CCCS3(=O)=O)c2)[C@@H]1C(=O)O. The Bertz CT molecular complexity index is 802. The summed E-state index contributed by atoms with van der Waals surface area (Å²) < 4.78 is 25.3. The number of hydrogen-bond acceptors (Lipinski definition) is 4. The first-order valence-corrected chi connectivity index (χ1v) is 9.39. The Morgan fingerprint density at radius 2 is 2.00 bits per heavy atom. The minimum atomic E-state index is -3.29. The fraction of sp³-hybridized carbons (Fsp3) is 0.500. The van der Waals surface area contributed by atoms with Gasteiger partial charge in [-0.05, 0) is 30.0 Å². The minimum Gasteiger partial charge on any atom is -0.481 e. The molecule has 0 unspecified atom stereocenters. The lowest BCUT2D eigenvalue weighted by atomic mass is 10.1. The largest absolute Gasteiger partial charge is 0.481 e. The Hall–Kier alpha value is -2.09. The van der Waals surface area contributed by atoms with Crippen LogP contribution in [0.5, 0.6) is 0 Å². The zero-order chi connectivity index (χ0) is 17.7. The molecule has 0 aromatic heterocycles. The number of aliphatic carboxylic acids is 1. The van der Waals surface area contributed by atoms with Crippen molar-refractivity contribution in [2.75, 3.05) is 21.9 Å². The Morgan fingerprint density at radius 1 is 1.29 bits per heavy atom. The molecular formula is C16H20N2O5S. The molecule has 2 atom stereocenters. The third kappa shape index (κ3) is 2.75. The fourth-order valence-electron chi connectivity index (χ4n) is 3.48. The number of carboxylic acid groups (broad SMARTS) is 1. The highest BCUT2D eigenvalue weighted by molar-refractivity contribution is 7.93. The number of carboxylic acids is 1. The standard InChI is InChI=1S/C16H20N2O5S/c1-16(2)12(13(16)15(20)21)14(19)17-10-5-3-6-11(9-10)18-7-4-8-24(18,22)23/h3,5-6,9,12-13H,4,7-8H2,1-2H3,(H,17,19)(H,20,21)/t12-,13+/m0/s1. The molecule has 1 aromatic carbocycles. The van der Waals surface area contributed by atoms with Crippen molar-refractivity contribution in [1.29, 1.82) is 0 Å². The Labute approximate surface area is 140 Å². The van der Waals surface area contributed by atoms with Crippen LogP contribution in [0.4, 0.5) is 11.4 Å². The van der Waals surface area contributed by atoms with Crippen LogP contribution in [0.1, 0.15) is 20.3 Å². The summed E-state index contributed by atoms with van der Waals surface area (Å²) in [5.74, 6) is -2.49. The summed E-state index contributed by atoms with van der Waals surface area (Å²) in [5, 5.41) is 11.9. The topological polar surface area (TPSA) is 104 Å². The maximum absolute atomic E-state index is 12.4. The molecule has 7 nitrogen and oxygen atoms in total. The van der Waals surface area contributed by atoms with E-state index < -0.39 is 33.2 Å². The monoisotopic (exact) mass is 352 g/mol. The number of amides is 1. The van der Waals surface area contributed by atoms with Crippen LogP contribution in [0.15, 0.2) is 24.3 Å². The van der Waals surface area contributed by atoms with E-state index >= 15 is 0 Å². The Kier molecular flexibility index (Phi) is 3.82. The molecule has 2 aliphatic rings. The second-order valence-electron chi connectivity index (χ2n) is 6.90. The van der Waals surface area contributed by atoms with Crippen LogP contribution in [0.3, 0.4) is 0 Å². The first-order chi connectivity index (χ1) is 11.1. The van der Waals surface area contributed by atoms with Crippen molar-refractivity contribution in [3.63, 3.8) is 0 Å². The van der Waals surface area contributed by atoms with Crippen LogP contribution >= 0.6 is 0 Å². The summed E-state index contributed by atoms with van der Waals surface area (Å²) in [6.07, 6.45) is 0.579. The lowest BCUT2D eigenvalue weighted by Crippen LogP contribution is -2.25. The van der Waals surface area contributed by atoms with E-state index in [1.807, 2.05) is 0 Å². The van der Waals surface area contributed by atoms with Crippen LogP contribution in [-0.4, -0.2) is 37.7 Å². The molecular weight excluding hydrogens is 332 g/mol. The molecule has 24 heavy (non-hydrogen) atoms. The molecule has 130 valence electrons. The molecule has 2 N–H and O–H groups in total. The van der Waals surface area contributed by atoms with E-state index in [2.05, 4.69) is 5.32 Å². The van der Waals surface area contributed by atoms with Gasteiger partial charge in [-0.2, -0.15) is 0 Å². The van der Waals surface area contributed by atoms with E-state index in [0.29, 0.717) is 24.3 Å². The smallest absolute Gasteiger partial charge is 0.307 e. The fourth-order valence-corrected chi connectivity index (χ4v) is 5.03. The molecule has 0 bridgehead atoms. The summed E-state index contributed by atoms with van der Waals surface area (Å²) in [7, 11) is -3.29. The van der Waals surface area contributed by atoms with E-state index in [0.717, 1.165) is 0 Å². The van der Waals surface area contributed by atoms with E-state index in [9.17, 15) is 18.0 Å². The molecule has 1 aliphatic heterocycles. The highest BCUT2D eigenvalue weighted by atomic mass is 32.2. The van der Waals surface area contributed by atoms with E-state index in [1.165, 1.54) is 4.31 Å². The number of nitrogens with one attached hydrogen (secondary N) is 1. The summed E-state index contributed by atoms with van der Waals surface area (Å²) in [6, 6.07) is 6.62. The predicted octanol–water partition coefficient (Wildman–Crippen LogP) is 1.52. The molecule has 1 saturated heterocycles. The molecule has 8 heteroatoms. The number of sulfonamides is 1. The summed E-state index contributed by atoms with van der Waals surface area (Å²) in [6.45, 7) is 3.93. The van der Waals surface area contributed by atoms with Crippen molar-refractivity contribution in [2.24, 2.45) is 17.3 Å². The van der Waals surface area contributed by atoms with Crippen LogP contribution in [0, 0.1) is 17.3 Å². The van der Waals surface area contributed by atoms with Crippen molar-refractivity contribution >= 4 is 33.3 Å². The molecule has 0 radical (unpaired) electrons. The highest BCUT2D eigenvalue weighted by Gasteiger charge is 2.65. The number of benzene rings is 1. The van der Waals surface area contributed by atoms with Gasteiger partial charge >= 0.3 is 5.97 Å². The zero-order valence-electron chi connectivity index (χ0n) is 13.5. The minimum absolute atomic E-state index is 0.125. The molecule has 0 spiro atoms. The normalized spacial score (nSPS) is 26.8. The lowest BCUT2D eigenvalue weighted by Gasteiger charge is -2.18. The zero-order valence-corrected chi connectivity index (χ0v) is 14.3. The first-order valence-electron chi connectivity index (χ1n) is 7.79. The van der Waals surface area contributed by atoms with E-state index in [1.54, 1.807) is 38.1 Å². The van der Waals surface area contributed by atoms with Gasteiger partial charge in [0.05, 0.1) is 23.3 Å². The number of rotatable bonds is 4. The predicted molar refractivity (Wildman–Crippen MR) is 89.2 cm³/mol. The number of carbonyl (C=O) groups is 2. The molecule has 1 saturated carbocycles. The van der Waals surface area contributed by atoms with Gasteiger partial charge < -0.3 is 10.4 Å². The van der Waals surface area contributed by atoms with Gasteiger partial charge in [0.2, 0.25) is 15.9 Å². The van der Waals surface area contributed by atoms with Gasteiger partial charge in [0.15, 0.2) is 0 Å². The van der Waals surface area contributed by atoms with Crippen molar-refractivity contribution in [1.82, 2.24) is 0 Å². The van der Waals surface area contributed by atoms with Crippen LogP contribution in [-0.2, 0) is 19.6 Å². The maximum Gasteiger partial charge on any atom is 0.307 e. The second kappa shape index (κ2) is 5.47. The summed E-state index contributed by atoms with van der Waals surface area (Å²) in [4.78, 5) is 23.5. The summed E-state index contributed by atoms with van der Waals surface area (Å²) in [5.41, 5.74) is 0.396. The molecule has 1 aromatic rings. The van der Waals surface area contributed by atoms with Crippen molar-refractivity contribution < 1.29 is 23.1 Å². The van der Waals surface area contributed by atoms with Gasteiger partial charge in [0.25, 0.3) is 0 Å². The lowest BCUT2D eigenvalue weighted by molar-refractivity contribution is -0.140. The summed E-state index contributed by atoms with van der Waals surface area (Å²) >= 11 is 0. The van der Waals surface area contributed by atoms with Gasteiger partial charge in [0.1, 0.15) is 0 Å². The van der Waals surface area contributed by atoms with Gasteiger partial charge in [0, 0.05) is 12.2 Å². The Morgan fingerprint density at radius 3 is 2.54 bits per heavy atom. The molecule has 1 heterocycles. The van der Waals surface area contributed by atoms with Crippen LogP contribution in [0.25, 0.3) is 0 Å². The average molecular weight is 352 g/mol. The van der Waals surface area contributed by atoms with Crippen molar-refractivity contribution in [3.05, 3.63) is 24.3 Å². The number of anilines is 2. The molecule has 3 rings (SSSR count). The maximum atomic E-state index is 12.4. The van der Waals surface area contributed by atoms with Crippen LogP contribution < -0.4 is 9.62 Å². The van der Waals surface area contributed by atoms with Crippen molar-refractivity contribution in [3.8, 4) is 0 Å². The van der Waals surface area contributed by atoms with Gasteiger partial charge in [-0.15, -0.1) is 0 Å². The van der Waals surface area contributed by atoms with Gasteiger partial charge in [-0.3, -0.25) is 13.9 Å². The number of nitrogens with zero attached hydrogens (tertiary/aromatic N) is 1. The second-order valence-corrected chi connectivity index (χ2v) is 8.91. The molecule has 1 aliphatic carbocycles. The van der Waals surface area contributed by atoms with E-state index in [-0.39, 0.29) is 11.7 Å². The molecule has 2 fully saturated rings. The highest BCUT2D eigenvalue weighted by Crippen LogP contribution is 2.58. The third-order valence-electron chi connectivity index (χ3n) is 4.88. The van der Waals surface area contributed by atoms with E-state index in [4.69, 9.17) is 5.11 Å². The molecule has 1 amide bonds. The van der Waals surface area contributed by atoms with Gasteiger partial charge in [-0.1, -0.05) is 19.9 Å². The number of hydrogen-bond donors (Lipinski definition) is 2. The average Bonchev–Trinajstić information content (AvgIpc) is 2.88. The third-order valence-corrected chi connectivity index (χ3v) is 6.75.